The third-order valence-electron chi connectivity index (χ3n) is 5.91. The zero-order chi connectivity index (χ0) is 20.8. The lowest BCUT2D eigenvalue weighted by atomic mass is 9.94. The van der Waals surface area contributed by atoms with Gasteiger partial charge in [-0.1, -0.05) is 0 Å². The van der Waals surface area contributed by atoms with E-state index in [9.17, 15) is 4.79 Å². The van der Waals surface area contributed by atoms with E-state index < -0.39 is 0 Å². The van der Waals surface area contributed by atoms with Crippen LogP contribution in [0.2, 0.25) is 0 Å². The van der Waals surface area contributed by atoms with Crippen molar-refractivity contribution < 1.29 is 14.3 Å². The second-order valence-electron chi connectivity index (χ2n) is 8.18. The van der Waals surface area contributed by atoms with Gasteiger partial charge in [0, 0.05) is 18.2 Å². The second kappa shape index (κ2) is 7.27. The fourth-order valence-electron chi connectivity index (χ4n) is 4.33. The van der Waals surface area contributed by atoms with Crippen LogP contribution in [0.15, 0.2) is 18.2 Å². The fourth-order valence-corrected chi connectivity index (χ4v) is 4.33. The molecule has 1 amide bonds. The Morgan fingerprint density at radius 1 is 1.30 bits per heavy atom. The van der Waals surface area contributed by atoms with Crippen LogP contribution in [0, 0.1) is 18.8 Å². The van der Waals surface area contributed by atoms with E-state index in [0.29, 0.717) is 25.0 Å². The van der Waals surface area contributed by atoms with Crippen LogP contribution in [0.1, 0.15) is 30.5 Å². The molecule has 3 aromatic rings. The van der Waals surface area contributed by atoms with Gasteiger partial charge in [0.05, 0.1) is 19.2 Å². The smallest absolute Gasteiger partial charge is 0.316 e. The molecular formula is C22H25N5O3. The van der Waals surface area contributed by atoms with Crippen LogP contribution in [-0.2, 0) is 17.8 Å². The van der Waals surface area contributed by atoms with Gasteiger partial charge in [0.1, 0.15) is 17.0 Å². The summed E-state index contributed by atoms with van der Waals surface area (Å²) in [4.78, 5) is 25.7. The molecule has 8 nitrogen and oxygen atoms in total. The number of benzene rings is 1. The van der Waals surface area contributed by atoms with Crippen LogP contribution in [-0.4, -0.2) is 39.1 Å². The number of aryl methyl sites for hydroxylation is 2. The summed E-state index contributed by atoms with van der Waals surface area (Å²) in [5.41, 5.74) is 10.0. The molecule has 1 saturated carbocycles. The largest absolute Gasteiger partial charge is 0.491 e. The van der Waals surface area contributed by atoms with Gasteiger partial charge < -0.3 is 19.8 Å². The first kappa shape index (κ1) is 18.8. The van der Waals surface area contributed by atoms with Gasteiger partial charge in [0.2, 0.25) is 5.91 Å². The molecule has 2 N–H and O–H groups in total. The van der Waals surface area contributed by atoms with E-state index in [0.717, 1.165) is 65.4 Å². The van der Waals surface area contributed by atoms with E-state index in [4.69, 9.17) is 20.2 Å². The quantitative estimate of drug-likeness (QED) is 0.673. The van der Waals surface area contributed by atoms with Gasteiger partial charge in [-0.2, -0.15) is 4.98 Å². The van der Waals surface area contributed by atoms with Crippen molar-refractivity contribution >= 4 is 16.9 Å². The Labute approximate surface area is 174 Å². The molecule has 2 aliphatic rings. The van der Waals surface area contributed by atoms with Gasteiger partial charge in [0.15, 0.2) is 5.82 Å². The summed E-state index contributed by atoms with van der Waals surface area (Å²) in [6.07, 6.45) is 3.64. The van der Waals surface area contributed by atoms with E-state index in [1.807, 2.05) is 19.1 Å². The third-order valence-corrected chi connectivity index (χ3v) is 5.91. The van der Waals surface area contributed by atoms with Crippen LogP contribution in [0.4, 0.5) is 0 Å². The minimum Gasteiger partial charge on any atom is -0.491 e. The Kier molecular flexibility index (Phi) is 4.56. The lowest BCUT2D eigenvalue weighted by molar-refractivity contribution is -0.122. The molecule has 156 valence electrons. The van der Waals surface area contributed by atoms with Gasteiger partial charge in [-0.25, -0.2) is 9.97 Å². The van der Waals surface area contributed by atoms with Crippen molar-refractivity contribution in [3.05, 3.63) is 29.5 Å². The second-order valence-corrected chi connectivity index (χ2v) is 8.18. The van der Waals surface area contributed by atoms with E-state index in [-0.39, 0.29) is 11.8 Å². The number of carbonyl (C=O) groups excluding carboxylic acids is 1. The summed E-state index contributed by atoms with van der Waals surface area (Å²) in [5.74, 6) is 1.62. The standard InChI is InChI=1S/C22H25N5O3/c1-12-8-17(26-22(24-12)29-2)21-25-16-10-13(9-15(20(23)28)14-4-5-14)11-18-19(16)27(21)6-3-7-30-18/h8,10-11,14-15H,3-7,9H2,1-2H3,(H2,23,28)/t15-/m0/s1. The highest BCUT2D eigenvalue weighted by Crippen LogP contribution is 2.40. The zero-order valence-electron chi connectivity index (χ0n) is 17.2. The number of rotatable bonds is 6. The number of amides is 1. The molecule has 1 fully saturated rings. The maximum Gasteiger partial charge on any atom is 0.316 e. The molecule has 1 aliphatic carbocycles. The normalized spacial score (nSPS) is 16.7. The zero-order valence-corrected chi connectivity index (χ0v) is 17.2. The molecular weight excluding hydrogens is 382 g/mol. The number of hydrogen-bond donors (Lipinski definition) is 1. The van der Waals surface area contributed by atoms with Crippen LogP contribution in [0.5, 0.6) is 11.8 Å². The van der Waals surface area contributed by atoms with Crippen molar-refractivity contribution in [2.45, 2.75) is 39.2 Å². The van der Waals surface area contributed by atoms with Crippen LogP contribution >= 0.6 is 0 Å². The first-order chi connectivity index (χ1) is 14.5. The first-order valence-corrected chi connectivity index (χ1v) is 10.4. The van der Waals surface area contributed by atoms with Crippen LogP contribution in [0.25, 0.3) is 22.6 Å². The Balaban J connectivity index is 1.63. The van der Waals surface area contributed by atoms with Crippen molar-refractivity contribution in [2.24, 2.45) is 17.6 Å². The Hall–Kier alpha value is -3.16. The molecule has 0 bridgehead atoms. The number of aromatic nitrogens is 4. The third kappa shape index (κ3) is 3.36. The van der Waals surface area contributed by atoms with Crippen molar-refractivity contribution in [3.63, 3.8) is 0 Å². The van der Waals surface area contributed by atoms with Crippen molar-refractivity contribution in [1.29, 1.82) is 0 Å². The first-order valence-electron chi connectivity index (χ1n) is 10.4. The molecule has 1 aromatic carbocycles. The number of imidazole rings is 1. The fraction of sp³-hybridized carbons (Fsp3) is 0.455. The Morgan fingerprint density at radius 2 is 2.13 bits per heavy atom. The van der Waals surface area contributed by atoms with E-state index in [1.165, 1.54) is 0 Å². The van der Waals surface area contributed by atoms with Crippen LogP contribution < -0.4 is 15.2 Å². The molecule has 0 spiro atoms. The predicted octanol–water partition coefficient (Wildman–Crippen LogP) is 2.65. The molecule has 8 heteroatoms. The van der Waals surface area contributed by atoms with Crippen molar-refractivity contribution in [3.8, 4) is 23.3 Å². The monoisotopic (exact) mass is 407 g/mol. The minimum absolute atomic E-state index is 0.129. The molecule has 5 rings (SSSR count). The number of nitrogens with two attached hydrogens (primary N) is 1. The molecule has 1 atom stereocenters. The number of methoxy groups -OCH3 is 1. The lowest BCUT2D eigenvalue weighted by Crippen LogP contribution is -2.26. The molecule has 2 aromatic heterocycles. The van der Waals surface area contributed by atoms with Gasteiger partial charge in [-0.15, -0.1) is 0 Å². The average Bonchev–Trinajstić information content (AvgIpc) is 3.51. The Morgan fingerprint density at radius 3 is 2.87 bits per heavy atom. The highest BCUT2D eigenvalue weighted by atomic mass is 16.5. The molecule has 1 aliphatic heterocycles. The molecule has 3 heterocycles. The number of hydrogen-bond acceptors (Lipinski definition) is 6. The summed E-state index contributed by atoms with van der Waals surface area (Å²) in [5, 5.41) is 0. The molecule has 0 saturated heterocycles. The minimum atomic E-state index is -0.223. The van der Waals surface area contributed by atoms with Gasteiger partial charge in [0.25, 0.3) is 0 Å². The average molecular weight is 407 g/mol. The van der Waals surface area contributed by atoms with E-state index in [2.05, 4.69) is 20.6 Å². The van der Waals surface area contributed by atoms with Gasteiger partial charge in [-0.05, 0) is 62.3 Å². The van der Waals surface area contributed by atoms with Crippen molar-refractivity contribution in [2.75, 3.05) is 13.7 Å². The lowest BCUT2D eigenvalue weighted by Gasteiger charge is -2.13. The van der Waals surface area contributed by atoms with E-state index in [1.54, 1.807) is 7.11 Å². The topological polar surface area (TPSA) is 105 Å². The summed E-state index contributed by atoms with van der Waals surface area (Å²) >= 11 is 0. The van der Waals surface area contributed by atoms with Gasteiger partial charge in [-0.3, -0.25) is 4.79 Å². The van der Waals surface area contributed by atoms with Crippen molar-refractivity contribution in [1.82, 2.24) is 19.5 Å². The summed E-state index contributed by atoms with van der Waals surface area (Å²) in [6, 6.07) is 6.33. The molecule has 30 heavy (non-hydrogen) atoms. The maximum absolute atomic E-state index is 12.0. The Bertz CT molecular complexity index is 1140. The van der Waals surface area contributed by atoms with Gasteiger partial charge >= 0.3 is 6.01 Å². The highest BCUT2D eigenvalue weighted by molar-refractivity contribution is 5.87. The SMILES string of the molecule is COc1nc(C)cc(-c2nc3cc(C[C@H](C(N)=O)C4CC4)cc4c3n2CCCO4)n1. The van der Waals surface area contributed by atoms with Crippen LogP contribution in [0.3, 0.4) is 0 Å². The number of primary amides is 1. The molecule has 0 unspecified atom stereocenters. The summed E-state index contributed by atoms with van der Waals surface area (Å²) in [6.45, 7) is 3.33. The summed E-state index contributed by atoms with van der Waals surface area (Å²) < 4.78 is 13.5. The summed E-state index contributed by atoms with van der Waals surface area (Å²) in [7, 11) is 1.56. The number of ether oxygens (including phenoxy) is 2. The van der Waals surface area contributed by atoms with E-state index >= 15 is 0 Å². The molecule has 0 radical (unpaired) electrons. The maximum atomic E-state index is 12.0. The predicted molar refractivity (Wildman–Crippen MR) is 111 cm³/mol. The highest BCUT2D eigenvalue weighted by Gasteiger charge is 2.35. The number of carbonyl (C=O) groups is 1. The number of nitrogens with zero attached hydrogens (tertiary/aromatic N) is 4.